The number of rotatable bonds is 8. The number of morpholine rings is 1. The van der Waals surface area contributed by atoms with E-state index in [2.05, 4.69) is 27.2 Å². The van der Waals surface area contributed by atoms with Gasteiger partial charge < -0.3 is 25.0 Å². The summed E-state index contributed by atoms with van der Waals surface area (Å²) >= 11 is 0. The van der Waals surface area contributed by atoms with E-state index in [1.165, 1.54) is 30.3 Å². The second kappa shape index (κ2) is 11.8. The fourth-order valence-corrected chi connectivity index (χ4v) is 5.44. The molecule has 2 aliphatic rings. The number of imidazole rings is 1. The van der Waals surface area contributed by atoms with Gasteiger partial charge in [0.05, 0.1) is 18.9 Å². The number of halogens is 1. The molecule has 0 amide bonds. The lowest BCUT2D eigenvalue weighted by atomic mass is 9.96. The fourth-order valence-electron chi connectivity index (χ4n) is 5.44. The van der Waals surface area contributed by atoms with Crippen LogP contribution in [-0.4, -0.2) is 51.5 Å². The first-order valence-corrected chi connectivity index (χ1v) is 14.3. The molecule has 4 aromatic rings. The Hall–Kier alpha value is -4.41. The highest BCUT2D eigenvalue weighted by atomic mass is 19.1. The van der Waals surface area contributed by atoms with Crippen LogP contribution < -0.4 is 27.1 Å². The molecule has 0 bridgehead atoms. The third-order valence-corrected chi connectivity index (χ3v) is 7.83. The standard InChI is InChI=1S/C32H32FN5O4/c1-2-23(27-17-42-13-12-34-27)30-35-24(28(38-30)19-6-7-19)16-26-32(41)36-25(31(40)37-26)15-18-4-3-5-21(14-18)29(39)20-8-10-22(33)11-9-20/h3-5,8-11,14-16,19,23,27,34H,2,6-7,12-13,17H2,1H3,(H,35,38)(H,36,41)(H,37,40)/b25-15-,26-16-. The lowest BCUT2D eigenvalue weighted by molar-refractivity contribution is 0.0664. The van der Waals surface area contributed by atoms with Gasteiger partial charge in [0.2, 0.25) is 0 Å². The average molecular weight is 570 g/mol. The predicted molar refractivity (Wildman–Crippen MR) is 157 cm³/mol. The molecule has 2 atom stereocenters. The summed E-state index contributed by atoms with van der Waals surface area (Å²) < 4.78 is 18.9. The van der Waals surface area contributed by atoms with E-state index in [1.807, 2.05) is 0 Å². The molecule has 10 heteroatoms. The minimum absolute atomic E-state index is 0.0584. The Morgan fingerprint density at radius 3 is 2.43 bits per heavy atom. The van der Waals surface area contributed by atoms with Crippen molar-refractivity contribution in [1.82, 2.24) is 25.3 Å². The molecule has 4 N–H and O–H groups in total. The number of hydrogen-bond donors (Lipinski definition) is 4. The zero-order valence-corrected chi connectivity index (χ0v) is 23.2. The lowest BCUT2D eigenvalue weighted by Gasteiger charge is -2.29. The lowest BCUT2D eigenvalue weighted by Crippen LogP contribution is -2.46. The number of ether oxygens (including phenoxy) is 1. The smallest absolute Gasteiger partial charge is 0.272 e. The van der Waals surface area contributed by atoms with E-state index in [9.17, 15) is 18.8 Å². The second-order valence-electron chi connectivity index (χ2n) is 10.8. The summed E-state index contributed by atoms with van der Waals surface area (Å²) in [5.74, 6) is 0.636. The van der Waals surface area contributed by atoms with Gasteiger partial charge in [-0.25, -0.2) is 9.37 Å². The molecule has 42 heavy (non-hydrogen) atoms. The highest BCUT2D eigenvalue weighted by Crippen LogP contribution is 2.41. The number of nitrogens with zero attached hydrogens (tertiary/aromatic N) is 1. The van der Waals surface area contributed by atoms with Crippen molar-refractivity contribution in [3.63, 3.8) is 0 Å². The third-order valence-electron chi connectivity index (χ3n) is 7.83. The van der Waals surface area contributed by atoms with Crippen molar-refractivity contribution >= 4 is 17.9 Å². The van der Waals surface area contributed by atoms with Crippen LogP contribution in [0.4, 0.5) is 4.39 Å². The maximum Gasteiger partial charge on any atom is 0.272 e. The van der Waals surface area contributed by atoms with Gasteiger partial charge in [0, 0.05) is 41.2 Å². The molecule has 9 nitrogen and oxygen atoms in total. The predicted octanol–water partition coefficient (Wildman–Crippen LogP) is 2.17. The van der Waals surface area contributed by atoms with Crippen LogP contribution in [-0.2, 0) is 4.74 Å². The number of aromatic amines is 3. The van der Waals surface area contributed by atoms with Crippen LogP contribution in [0.2, 0.25) is 0 Å². The minimum Gasteiger partial charge on any atom is -0.378 e. The number of H-pyrrole nitrogens is 3. The SMILES string of the molecule is CCC(c1nc(/C=c2\[nH]c(=O)/c(=C/c3cccc(C(=O)c4ccc(F)cc4)c3)[nH]c2=O)c(C2CC2)[nH]1)C1COCCN1. The maximum absolute atomic E-state index is 13.3. The van der Waals surface area contributed by atoms with Crippen LogP contribution in [0, 0.1) is 5.82 Å². The summed E-state index contributed by atoms with van der Waals surface area (Å²) in [6.45, 7) is 4.23. The van der Waals surface area contributed by atoms with Crippen LogP contribution in [0.3, 0.4) is 0 Å². The minimum atomic E-state index is -0.477. The molecule has 2 aromatic carbocycles. The first-order valence-electron chi connectivity index (χ1n) is 14.3. The number of carbonyl (C=O) groups excluding carboxylic acids is 1. The average Bonchev–Trinajstić information content (AvgIpc) is 3.77. The number of aromatic nitrogens is 4. The van der Waals surface area contributed by atoms with Crippen molar-refractivity contribution in [2.45, 2.75) is 44.1 Å². The largest absolute Gasteiger partial charge is 0.378 e. The van der Waals surface area contributed by atoms with Crippen LogP contribution >= 0.6 is 0 Å². The van der Waals surface area contributed by atoms with Crippen molar-refractivity contribution < 1.29 is 13.9 Å². The van der Waals surface area contributed by atoms with Crippen molar-refractivity contribution in [2.75, 3.05) is 19.8 Å². The van der Waals surface area contributed by atoms with Crippen LogP contribution in [0.1, 0.15) is 76.7 Å². The number of nitrogens with one attached hydrogen (secondary N) is 4. The molecular formula is C32H32FN5O4. The highest BCUT2D eigenvalue weighted by molar-refractivity contribution is 6.09. The summed E-state index contributed by atoms with van der Waals surface area (Å²) in [4.78, 5) is 52.8. The van der Waals surface area contributed by atoms with Crippen molar-refractivity contribution in [3.05, 3.63) is 120 Å². The Bertz CT molecular complexity index is 1850. The molecule has 2 fully saturated rings. The van der Waals surface area contributed by atoms with Gasteiger partial charge in [0.1, 0.15) is 22.3 Å². The Kier molecular flexibility index (Phi) is 7.82. The van der Waals surface area contributed by atoms with E-state index >= 15 is 0 Å². The van der Waals surface area contributed by atoms with Crippen molar-refractivity contribution in [3.8, 4) is 0 Å². The molecule has 1 aliphatic carbocycles. The Morgan fingerprint density at radius 1 is 1.02 bits per heavy atom. The zero-order chi connectivity index (χ0) is 29.2. The Balaban J connectivity index is 1.32. The van der Waals surface area contributed by atoms with Gasteiger partial charge in [-0.2, -0.15) is 0 Å². The first-order chi connectivity index (χ1) is 20.4. The van der Waals surface area contributed by atoms with E-state index in [0.717, 1.165) is 37.3 Å². The summed E-state index contributed by atoms with van der Waals surface area (Å²) in [6.07, 6.45) is 6.12. The maximum atomic E-state index is 13.3. The molecule has 1 aliphatic heterocycles. The van der Waals surface area contributed by atoms with E-state index in [0.29, 0.717) is 41.5 Å². The molecule has 3 heterocycles. The van der Waals surface area contributed by atoms with E-state index in [1.54, 1.807) is 30.3 Å². The summed E-state index contributed by atoms with van der Waals surface area (Å²) in [7, 11) is 0. The quantitative estimate of drug-likeness (QED) is 0.241. The van der Waals surface area contributed by atoms with Gasteiger partial charge in [-0.1, -0.05) is 25.1 Å². The van der Waals surface area contributed by atoms with Crippen LogP contribution in [0.15, 0.2) is 58.1 Å². The van der Waals surface area contributed by atoms with E-state index in [-0.39, 0.29) is 28.4 Å². The van der Waals surface area contributed by atoms with Crippen molar-refractivity contribution in [2.24, 2.45) is 0 Å². The molecule has 0 spiro atoms. The topological polar surface area (TPSA) is 133 Å². The summed E-state index contributed by atoms with van der Waals surface area (Å²) in [5, 5.41) is 3.69. The Morgan fingerprint density at radius 2 is 1.76 bits per heavy atom. The van der Waals surface area contributed by atoms with Gasteiger partial charge in [0.15, 0.2) is 5.78 Å². The number of carbonyl (C=O) groups is 1. The molecule has 0 radical (unpaired) electrons. The molecule has 1 saturated heterocycles. The number of ketones is 1. The van der Waals surface area contributed by atoms with Gasteiger partial charge in [-0.3, -0.25) is 14.4 Å². The molecule has 1 saturated carbocycles. The molecular weight excluding hydrogens is 537 g/mol. The van der Waals surface area contributed by atoms with E-state index in [4.69, 9.17) is 9.72 Å². The molecule has 2 aromatic heterocycles. The summed E-state index contributed by atoms with van der Waals surface area (Å²) in [6, 6.07) is 12.1. The van der Waals surface area contributed by atoms with E-state index < -0.39 is 16.9 Å². The van der Waals surface area contributed by atoms with Gasteiger partial charge in [-0.05, 0) is 67.3 Å². The van der Waals surface area contributed by atoms with Crippen LogP contribution in [0.25, 0.3) is 12.2 Å². The van der Waals surface area contributed by atoms with Crippen molar-refractivity contribution in [1.29, 1.82) is 0 Å². The fraction of sp³-hybridized carbons (Fsp3) is 0.312. The monoisotopic (exact) mass is 569 g/mol. The van der Waals surface area contributed by atoms with Gasteiger partial charge in [0.25, 0.3) is 11.1 Å². The third kappa shape index (κ3) is 5.95. The Labute approximate surface area is 240 Å². The van der Waals surface area contributed by atoms with Crippen LogP contribution in [0.5, 0.6) is 0 Å². The molecule has 2 unspecified atom stereocenters. The second-order valence-corrected chi connectivity index (χ2v) is 10.8. The first kappa shape index (κ1) is 27.7. The number of hydrogen-bond acceptors (Lipinski definition) is 6. The normalized spacial score (nSPS) is 18.8. The number of benzene rings is 2. The zero-order valence-electron chi connectivity index (χ0n) is 23.2. The van der Waals surface area contributed by atoms with Gasteiger partial charge >= 0.3 is 0 Å². The highest BCUT2D eigenvalue weighted by Gasteiger charge is 2.32. The molecule has 216 valence electrons. The summed E-state index contributed by atoms with van der Waals surface area (Å²) in [5.41, 5.74) is 1.99. The van der Waals surface area contributed by atoms with Gasteiger partial charge in [-0.15, -0.1) is 0 Å². The molecule has 6 rings (SSSR count).